The van der Waals surface area contributed by atoms with Crippen LogP contribution >= 0.6 is 0 Å². The molecule has 6 nitrogen and oxygen atoms in total. The van der Waals surface area contributed by atoms with Crippen LogP contribution < -0.4 is 0 Å². The van der Waals surface area contributed by atoms with Crippen molar-refractivity contribution in [2.45, 2.75) is 26.3 Å². The van der Waals surface area contributed by atoms with Crippen molar-refractivity contribution >= 4 is 22.8 Å². The lowest BCUT2D eigenvalue weighted by Crippen LogP contribution is -2.07. The predicted octanol–water partition coefficient (Wildman–Crippen LogP) is 3.28. The Morgan fingerprint density at radius 3 is 2.42 bits per heavy atom. The highest BCUT2D eigenvalue weighted by molar-refractivity contribution is 5.96. The van der Waals surface area contributed by atoms with Crippen molar-refractivity contribution in [2.24, 2.45) is 0 Å². The predicted molar refractivity (Wildman–Crippen MR) is 96.8 cm³/mol. The maximum Gasteiger partial charge on any atom is 0.335 e. The van der Waals surface area contributed by atoms with Crippen molar-refractivity contribution in [1.29, 1.82) is 0 Å². The third kappa shape index (κ3) is 3.13. The molecular formula is C20H19NO5. The number of carboxylic acids is 2. The number of phenols is 1. The maximum absolute atomic E-state index is 11.4. The van der Waals surface area contributed by atoms with Gasteiger partial charge in [0.05, 0.1) is 18.5 Å². The first kappa shape index (κ1) is 17.5. The highest BCUT2D eigenvalue weighted by Crippen LogP contribution is 2.30. The number of fused-ring (bicyclic) bond motifs is 1. The fourth-order valence-electron chi connectivity index (χ4n) is 3.36. The Balaban J connectivity index is 2.27. The minimum absolute atomic E-state index is 0.137. The lowest BCUT2D eigenvalue weighted by atomic mass is 10.0. The quantitative estimate of drug-likeness (QED) is 0.631. The molecule has 0 spiro atoms. The Kier molecular flexibility index (Phi) is 4.67. The van der Waals surface area contributed by atoms with Crippen molar-refractivity contribution in [1.82, 2.24) is 4.57 Å². The lowest BCUT2D eigenvalue weighted by Gasteiger charge is -2.12. The van der Waals surface area contributed by atoms with Crippen LogP contribution in [0.1, 0.15) is 34.1 Å². The number of aliphatic carboxylic acids is 1. The zero-order valence-corrected chi connectivity index (χ0v) is 14.3. The van der Waals surface area contributed by atoms with E-state index in [0.717, 1.165) is 11.1 Å². The molecule has 3 N–H and O–H groups in total. The highest BCUT2D eigenvalue weighted by Gasteiger charge is 2.20. The number of carboxylic acid groups (broad SMARTS) is 2. The zero-order chi connectivity index (χ0) is 18.8. The molecule has 0 fully saturated rings. The van der Waals surface area contributed by atoms with Gasteiger partial charge < -0.3 is 19.9 Å². The first-order valence-electron chi connectivity index (χ1n) is 8.28. The van der Waals surface area contributed by atoms with E-state index in [1.165, 1.54) is 6.07 Å². The summed E-state index contributed by atoms with van der Waals surface area (Å²) in [6, 6.07) is 11.6. The number of phenolic OH excluding ortho intramolecular Hbond substituents is 1. The van der Waals surface area contributed by atoms with Crippen LogP contribution in [0.3, 0.4) is 0 Å². The molecular weight excluding hydrogens is 334 g/mol. The largest absolute Gasteiger partial charge is 0.508 e. The van der Waals surface area contributed by atoms with Gasteiger partial charge in [0.15, 0.2) is 0 Å². The molecule has 0 radical (unpaired) electrons. The van der Waals surface area contributed by atoms with Crippen LogP contribution in [0.15, 0.2) is 42.5 Å². The van der Waals surface area contributed by atoms with Crippen molar-refractivity contribution < 1.29 is 24.9 Å². The second-order valence-corrected chi connectivity index (χ2v) is 6.10. The van der Waals surface area contributed by atoms with E-state index in [2.05, 4.69) is 0 Å². The number of rotatable bonds is 6. The molecule has 1 heterocycles. The number of nitrogens with zero attached hydrogens (tertiary/aromatic N) is 1. The number of aromatic carboxylic acids is 1. The van der Waals surface area contributed by atoms with Gasteiger partial charge in [-0.3, -0.25) is 4.79 Å². The summed E-state index contributed by atoms with van der Waals surface area (Å²) in [5.41, 5.74) is 2.98. The van der Waals surface area contributed by atoms with Gasteiger partial charge in [-0.05, 0) is 30.2 Å². The molecule has 6 heteroatoms. The Bertz CT molecular complexity index is 1000. The smallest absolute Gasteiger partial charge is 0.335 e. The molecule has 0 aliphatic carbocycles. The van der Waals surface area contributed by atoms with Gasteiger partial charge in [0, 0.05) is 22.2 Å². The monoisotopic (exact) mass is 353 g/mol. The molecule has 1 aromatic heterocycles. The zero-order valence-electron chi connectivity index (χ0n) is 14.3. The Morgan fingerprint density at radius 2 is 1.81 bits per heavy atom. The van der Waals surface area contributed by atoms with E-state index in [1.54, 1.807) is 30.3 Å². The average molecular weight is 353 g/mol. The lowest BCUT2D eigenvalue weighted by molar-refractivity contribution is -0.136. The SMILES string of the molecule is CCc1c(CC(=O)O)c2ccc(C(=O)O)cc2n1Cc1ccccc1O. The van der Waals surface area contributed by atoms with Crippen LogP contribution in [0.25, 0.3) is 10.9 Å². The van der Waals surface area contributed by atoms with E-state index in [1.807, 2.05) is 17.6 Å². The minimum atomic E-state index is -1.04. The van der Waals surface area contributed by atoms with Gasteiger partial charge in [-0.25, -0.2) is 4.79 Å². The molecule has 134 valence electrons. The molecule has 0 bridgehead atoms. The number of hydrogen-bond acceptors (Lipinski definition) is 3. The summed E-state index contributed by atoms with van der Waals surface area (Å²) >= 11 is 0. The molecule has 0 atom stereocenters. The van der Waals surface area contributed by atoms with Gasteiger partial charge in [-0.2, -0.15) is 0 Å². The van der Waals surface area contributed by atoms with Gasteiger partial charge in [-0.1, -0.05) is 31.2 Å². The summed E-state index contributed by atoms with van der Waals surface area (Å²) in [4.78, 5) is 22.7. The molecule has 0 saturated carbocycles. The third-order valence-corrected chi connectivity index (χ3v) is 4.52. The van der Waals surface area contributed by atoms with Gasteiger partial charge in [0.1, 0.15) is 5.75 Å². The summed E-state index contributed by atoms with van der Waals surface area (Å²) < 4.78 is 1.90. The van der Waals surface area contributed by atoms with E-state index < -0.39 is 11.9 Å². The van der Waals surface area contributed by atoms with Gasteiger partial charge in [0.25, 0.3) is 0 Å². The van der Waals surface area contributed by atoms with E-state index in [9.17, 15) is 24.9 Å². The van der Waals surface area contributed by atoms with E-state index in [4.69, 9.17) is 0 Å². The number of para-hydroxylation sites is 1. The van der Waals surface area contributed by atoms with Crippen LogP contribution in [0.2, 0.25) is 0 Å². The fraction of sp³-hybridized carbons (Fsp3) is 0.200. The van der Waals surface area contributed by atoms with Crippen LogP contribution in [-0.4, -0.2) is 31.8 Å². The number of carbonyl (C=O) groups is 2. The van der Waals surface area contributed by atoms with Crippen molar-refractivity contribution in [3.8, 4) is 5.75 Å². The molecule has 0 saturated heterocycles. The fourth-order valence-corrected chi connectivity index (χ4v) is 3.36. The first-order chi connectivity index (χ1) is 12.4. The van der Waals surface area contributed by atoms with E-state index in [-0.39, 0.29) is 17.7 Å². The van der Waals surface area contributed by atoms with Crippen LogP contribution in [0.5, 0.6) is 5.75 Å². The molecule has 3 aromatic rings. The molecule has 3 rings (SSSR count). The van der Waals surface area contributed by atoms with Crippen molar-refractivity contribution in [2.75, 3.05) is 0 Å². The molecule has 0 unspecified atom stereocenters. The summed E-state index contributed by atoms with van der Waals surface area (Å²) in [6.45, 7) is 2.26. The van der Waals surface area contributed by atoms with Gasteiger partial charge >= 0.3 is 11.9 Å². The molecule has 26 heavy (non-hydrogen) atoms. The topological polar surface area (TPSA) is 99.8 Å². The maximum atomic E-state index is 11.4. The summed E-state index contributed by atoms with van der Waals surface area (Å²) in [5.74, 6) is -1.84. The number of aromatic nitrogens is 1. The summed E-state index contributed by atoms with van der Waals surface area (Å²) in [7, 11) is 0. The van der Waals surface area contributed by atoms with E-state index in [0.29, 0.717) is 29.6 Å². The second-order valence-electron chi connectivity index (χ2n) is 6.10. The summed E-state index contributed by atoms with van der Waals surface area (Å²) in [5, 5.41) is 29.4. The third-order valence-electron chi connectivity index (χ3n) is 4.52. The number of aromatic hydroxyl groups is 1. The Labute approximate surface area is 149 Å². The summed E-state index contributed by atoms with van der Waals surface area (Å²) in [6.07, 6.45) is 0.452. The Hall–Kier alpha value is -3.28. The van der Waals surface area contributed by atoms with Crippen LogP contribution in [0, 0.1) is 0 Å². The minimum Gasteiger partial charge on any atom is -0.508 e. The molecule has 0 aliphatic rings. The van der Waals surface area contributed by atoms with Crippen LogP contribution in [-0.2, 0) is 24.2 Å². The second kappa shape index (κ2) is 6.92. The number of benzene rings is 2. The highest BCUT2D eigenvalue weighted by atomic mass is 16.4. The van der Waals surface area contributed by atoms with Crippen molar-refractivity contribution in [3.05, 3.63) is 64.8 Å². The van der Waals surface area contributed by atoms with E-state index >= 15 is 0 Å². The standard InChI is InChI=1S/C20H19NO5/c1-2-16-15(10-19(23)24)14-8-7-12(20(25)26)9-17(14)21(16)11-13-5-3-4-6-18(13)22/h3-9,22H,2,10-11H2,1H3,(H,23,24)(H,25,26). The molecule has 0 aliphatic heterocycles. The molecule has 2 aromatic carbocycles. The first-order valence-corrected chi connectivity index (χ1v) is 8.28. The van der Waals surface area contributed by atoms with Gasteiger partial charge in [0.2, 0.25) is 0 Å². The average Bonchev–Trinajstić information content (AvgIpc) is 2.88. The van der Waals surface area contributed by atoms with Crippen molar-refractivity contribution in [3.63, 3.8) is 0 Å². The molecule has 0 amide bonds. The number of hydrogen-bond donors (Lipinski definition) is 3. The normalized spacial score (nSPS) is 11.0. The van der Waals surface area contributed by atoms with Crippen LogP contribution in [0.4, 0.5) is 0 Å². The van der Waals surface area contributed by atoms with Gasteiger partial charge in [-0.15, -0.1) is 0 Å². The Morgan fingerprint density at radius 1 is 1.08 bits per heavy atom.